The van der Waals surface area contributed by atoms with Crippen LogP contribution in [0.1, 0.15) is 162 Å². The summed E-state index contributed by atoms with van der Waals surface area (Å²) in [5, 5.41) is 0. The van der Waals surface area contributed by atoms with E-state index < -0.39 is 0 Å². The van der Waals surface area contributed by atoms with Crippen molar-refractivity contribution in [1.29, 1.82) is 0 Å². The van der Waals surface area contributed by atoms with E-state index >= 15 is 0 Å². The van der Waals surface area contributed by atoms with E-state index in [2.05, 4.69) is 76.2 Å². The third-order valence-corrected chi connectivity index (χ3v) is 7.73. The molecule has 1 atom stereocenters. The fourth-order valence-electron chi connectivity index (χ4n) is 5.17. The summed E-state index contributed by atoms with van der Waals surface area (Å²) in [5.41, 5.74) is 0. The predicted octanol–water partition coefficient (Wildman–Crippen LogP) is 11.4. The molecule has 0 fully saturated rings. The molecule has 0 amide bonds. The molecule has 0 saturated heterocycles. The van der Waals surface area contributed by atoms with Crippen molar-refractivity contribution in [2.75, 3.05) is 20.6 Å². The van der Waals surface area contributed by atoms with Crippen molar-refractivity contribution in [3.63, 3.8) is 0 Å². The summed E-state index contributed by atoms with van der Waals surface area (Å²) >= 11 is 0. The standard InChI is InChI=1S/C37H69NO2/c1-6-9-12-15-18-21-23-26-30-35(31-27-24-22-19-16-13-10-7-2)36(32-28-25-20-17-14-11-8-3)40-37(39)33-29-34-38(4)5/h18-22,25,35-36H,6-17,23-24,26-34H2,1-5H3/b21-18-,22-19-,25-20-. The number of hydrogen-bond acceptors (Lipinski definition) is 3. The van der Waals surface area contributed by atoms with Crippen molar-refractivity contribution >= 4 is 5.97 Å². The molecular weight excluding hydrogens is 490 g/mol. The second-order valence-electron chi connectivity index (χ2n) is 12.0. The van der Waals surface area contributed by atoms with E-state index in [0.29, 0.717) is 12.3 Å². The molecule has 0 heterocycles. The van der Waals surface area contributed by atoms with E-state index in [9.17, 15) is 4.79 Å². The van der Waals surface area contributed by atoms with Gasteiger partial charge in [0, 0.05) is 6.42 Å². The zero-order valence-electron chi connectivity index (χ0n) is 27.6. The molecular formula is C37H69NO2. The normalized spacial score (nSPS) is 13.1. The topological polar surface area (TPSA) is 29.5 Å². The molecule has 0 radical (unpaired) electrons. The third kappa shape index (κ3) is 26.9. The number of unbranched alkanes of at least 4 members (excludes halogenated alkanes) is 11. The minimum absolute atomic E-state index is 0.00425. The zero-order chi connectivity index (χ0) is 29.5. The average Bonchev–Trinajstić information content (AvgIpc) is 2.93. The number of nitrogens with zero attached hydrogens (tertiary/aromatic N) is 1. The van der Waals surface area contributed by atoms with Crippen molar-refractivity contribution in [1.82, 2.24) is 4.90 Å². The molecule has 0 aromatic heterocycles. The molecule has 40 heavy (non-hydrogen) atoms. The second-order valence-corrected chi connectivity index (χ2v) is 12.0. The van der Waals surface area contributed by atoms with Crippen LogP contribution in [0.4, 0.5) is 0 Å². The Balaban J connectivity index is 5.12. The van der Waals surface area contributed by atoms with Crippen molar-refractivity contribution in [3.05, 3.63) is 36.5 Å². The number of esters is 1. The van der Waals surface area contributed by atoms with Gasteiger partial charge in [0.25, 0.3) is 0 Å². The monoisotopic (exact) mass is 560 g/mol. The molecule has 0 N–H and O–H groups in total. The molecule has 0 aliphatic heterocycles. The molecule has 0 aromatic carbocycles. The maximum absolute atomic E-state index is 12.9. The Hall–Kier alpha value is -1.35. The van der Waals surface area contributed by atoms with Gasteiger partial charge in [-0.15, -0.1) is 0 Å². The van der Waals surface area contributed by atoms with Gasteiger partial charge in [0.2, 0.25) is 0 Å². The first-order valence-electron chi connectivity index (χ1n) is 17.3. The summed E-state index contributed by atoms with van der Waals surface area (Å²) in [5.74, 6) is 0.448. The van der Waals surface area contributed by atoms with Crippen LogP contribution in [0.2, 0.25) is 0 Å². The Labute approximate surface area is 251 Å². The van der Waals surface area contributed by atoms with Crippen molar-refractivity contribution in [3.8, 4) is 0 Å². The lowest BCUT2D eigenvalue weighted by molar-refractivity contribution is -0.152. The van der Waals surface area contributed by atoms with E-state index in [0.717, 1.165) is 51.5 Å². The minimum atomic E-state index is -0.00425. The Kier molecular flexibility index (Phi) is 29.6. The van der Waals surface area contributed by atoms with E-state index in [-0.39, 0.29) is 12.1 Å². The molecule has 0 aliphatic carbocycles. The molecule has 3 nitrogen and oxygen atoms in total. The van der Waals surface area contributed by atoms with Crippen LogP contribution in [0.25, 0.3) is 0 Å². The fourth-order valence-corrected chi connectivity index (χ4v) is 5.17. The summed E-state index contributed by atoms with van der Waals surface area (Å²) in [6.45, 7) is 7.71. The molecule has 0 aliphatic rings. The van der Waals surface area contributed by atoms with Gasteiger partial charge in [0.05, 0.1) is 0 Å². The highest BCUT2D eigenvalue weighted by atomic mass is 16.5. The maximum atomic E-state index is 12.9. The van der Waals surface area contributed by atoms with Gasteiger partial charge in [-0.25, -0.2) is 0 Å². The van der Waals surface area contributed by atoms with E-state index in [1.54, 1.807) is 0 Å². The average molecular weight is 560 g/mol. The van der Waals surface area contributed by atoms with Crippen molar-refractivity contribution in [2.45, 2.75) is 168 Å². The summed E-state index contributed by atoms with van der Waals surface area (Å²) in [6, 6.07) is 0. The van der Waals surface area contributed by atoms with Gasteiger partial charge >= 0.3 is 5.97 Å². The van der Waals surface area contributed by atoms with Crippen LogP contribution < -0.4 is 0 Å². The predicted molar refractivity (Wildman–Crippen MR) is 178 cm³/mol. The lowest BCUT2D eigenvalue weighted by atomic mass is 9.88. The van der Waals surface area contributed by atoms with Crippen LogP contribution >= 0.6 is 0 Å². The molecule has 0 bridgehead atoms. The molecule has 0 spiro atoms. The van der Waals surface area contributed by atoms with Crippen LogP contribution in [0.15, 0.2) is 36.5 Å². The molecule has 0 aromatic rings. The number of rotatable bonds is 29. The summed E-state index contributed by atoms with van der Waals surface area (Å²) < 4.78 is 6.26. The van der Waals surface area contributed by atoms with Crippen LogP contribution in [0.5, 0.6) is 0 Å². The fraction of sp³-hybridized carbons (Fsp3) is 0.811. The zero-order valence-corrected chi connectivity index (χ0v) is 27.6. The maximum Gasteiger partial charge on any atom is 0.306 e. The summed E-state index contributed by atoms with van der Waals surface area (Å²) in [4.78, 5) is 15.0. The second kappa shape index (κ2) is 30.6. The number of carbonyl (C=O) groups excluding carboxylic acids is 1. The van der Waals surface area contributed by atoms with E-state index in [1.165, 1.54) is 89.9 Å². The van der Waals surface area contributed by atoms with Gasteiger partial charge in [0.15, 0.2) is 0 Å². The Morgan fingerprint density at radius 2 is 1.00 bits per heavy atom. The molecule has 1 unspecified atom stereocenters. The number of ether oxygens (including phenoxy) is 1. The number of hydrogen-bond donors (Lipinski definition) is 0. The highest BCUT2D eigenvalue weighted by Gasteiger charge is 2.24. The quantitative estimate of drug-likeness (QED) is 0.0518. The third-order valence-electron chi connectivity index (χ3n) is 7.73. The lowest BCUT2D eigenvalue weighted by Gasteiger charge is -2.27. The molecule has 0 saturated carbocycles. The number of allylic oxidation sites excluding steroid dienone is 6. The highest BCUT2D eigenvalue weighted by Crippen LogP contribution is 2.27. The Morgan fingerprint density at radius 1 is 0.575 bits per heavy atom. The van der Waals surface area contributed by atoms with Crippen molar-refractivity contribution < 1.29 is 9.53 Å². The van der Waals surface area contributed by atoms with Crippen LogP contribution in [0, 0.1) is 5.92 Å². The SMILES string of the molecule is CCCCC/C=C\CCCC(CCC/C=C\CCCCC)C(CC/C=C\CCCCC)OC(=O)CCCN(C)C. The lowest BCUT2D eigenvalue weighted by Crippen LogP contribution is -2.28. The minimum Gasteiger partial charge on any atom is -0.462 e. The summed E-state index contributed by atoms with van der Waals surface area (Å²) in [7, 11) is 4.13. The van der Waals surface area contributed by atoms with E-state index in [4.69, 9.17) is 4.74 Å². The molecule has 234 valence electrons. The first-order chi connectivity index (χ1) is 19.5. The number of carbonyl (C=O) groups is 1. The van der Waals surface area contributed by atoms with Gasteiger partial charge in [-0.1, -0.05) is 95.8 Å². The van der Waals surface area contributed by atoms with Gasteiger partial charge in [-0.05, 0) is 123 Å². The van der Waals surface area contributed by atoms with Crippen LogP contribution in [-0.2, 0) is 9.53 Å². The molecule has 0 rings (SSSR count). The Bertz CT molecular complexity index is 596. The first-order valence-corrected chi connectivity index (χ1v) is 17.3. The molecule has 3 heteroatoms. The Morgan fingerprint density at radius 3 is 1.43 bits per heavy atom. The highest BCUT2D eigenvalue weighted by molar-refractivity contribution is 5.69. The summed E-state index contributed by atoms with van der Waals surface area (Å²) in [6.07, 6.45) is 39.8. The van der Waals surface area contributed by atoms with Crippen molar-refractivity contribution in [2.24, 2.45) is 5.92 Å². The van der Waals surface area contributed by atoms with Gasteiger partial charge in [-0.2, -0.15) is 0 Å². The van der Waals surface area contributed by atoms with E-state index in [1.807, 2.05) is 0 Å². The van der Waals surface area contributed by atoms with Crippen LogP contribution in [0.3, 0.4) is 0 Å². The first kappa shape index (κ1) is 38.6. The van der Waals surface area contributed by atoms with Gasteiger partial charge < -0.3 is 9.64 Å². The largest absolute Gasteiger partial charge is 0.462 e. The smallest absolute Gasteiger partial charge is 0.306 e. The van der Waals surface area contributed by atoms with Gasteiger partial charge in [-0.3, -0.25) is 4.79 Å². The van der Waals surface area contributed by atoms with Gasteiger partial charge in [0.1, 0.15) is 6.10 Å². The van der Waals surface area contributed by atoms with Crippen LogP contribution in [-0.4, -0.2) is 37.6 Å².